The van der Waals surface area contributed by atoms with E-state index >= 15 is 0 Å². The average molecular weight is 419 g/mol. The molecular formula is C20H22FN3O4S. The molecule has 2 amide bonds. The second-order valence-electron chi connectivity index (χ2n) is 6.87. The lowest BCUT2D eigenvalue weighted by Crippen LogP contribution is -2.37. The molecule has 3 rings (SSSR count). The van der Waals surface area contributed by atoms with Gasteiger partial charge >= 0.3 is 11.8 Å². The lowest BCUT2D eigenvalue weighted by Gasteiger charge is -2.29. The van der Waals surface area contributed by atoms with Crippen LogP contribution in [0.1, 0.15) is 17.5 Å². The fourth-order valence-corrected chi connectivity index (χ4v) is 4.19. The van der Waals surface area contributed by atoms with Crippen LogP contribution in [0.15, 0.2) is 42.5 Å². The molecule has 0 atom stereocenters. The number of benzene rings is 2. The van der Waals surface area contributed by atoms with Gasteiger partial charge in [0.2, 0.25) is 10.0 Å². The van der Waals surface area contributed by atoms with Crippen LogP contribution in [-0.4, -0.2) is 39.6 Å². The first kappa shape index (κ1) is 20.8. The number of carbonyl (C=O) groups excluding carboxylic acids is 2. The van der Waals surface area contributed by atoms with Gasteiger partial charge in [-0.1, -0.05) is 18.2 Å². The van der Waals surface area contributed by atoms with E-state index in [2.05, 4.69) is 10.6 Å². The van der Waals surface area contributed by atoms with Crippen LogP contribution in [0.25, 0.3) is 0 Å². The number of hydrogen-bond acceptors (Lipinski definition) is 4. The van der Waals surface area contributed by atoms with E-state index in [9.17, 15) is 22.4 Å². The SMILES string of the molecule is CS(=O)(=O)N1CCCc2ccc(NC(=O)C(=O)NCCc3ccc(F)cc3)cc21. The number of anilines is 2. The van der Waals surface area contributed by atoms with Crippen molar-refractivity contribution >= 4 is 33.2 Å². The number of amides is 2. The highest BCUT2D eigenvalue weighted by atomic mass is 32.2. The Morgan fingerprint density at radius 3 is 2.52 bits per heavy atom. The summed E-state index contributed by atoms with van der Waals surface area (Å²) < 4.78 is 38.2. The van der Waals surface area contributed by atoms with Gasteiger partial charge < -0.3 is 10.6 Å². The van der Waals surface area contributed by atoms with Gasteiger partial charge in [-0.15, -0.1) is 0 Å². The van der Waals surface area contributed by atoms with Crippen molar-refractivity contribution in [3.8, 4) is 0 Å². The monoisotopic (exact) mass is 419 g/mol. The summed E-state index contributed by atoms with van der Waals surface area (Å²) in [5.74, 6) is -1.98. The van der Waals surface area contributed by atoms with Gasteiger partial charge in [-0.3, -0.25) is 13.9 Å². The minimum Gasteiger partial charge on any atom is -0.347 e. The third-order valence-corrected chi connectivity index (χ3v) is 5.82. The van der Waals surface area contributed by atoms with Crippen LogP contribution < -0.4 is 14.9 Å². The molecule has 0 fully saturated rings. The number of sulfonamides is 1. The van der Waals surface area contributed by atoms with Crippen molar-refractivity contribution in [2.45, 2.75) is 19.3 Å². The van der Waals surface area contributed by atoms with Crippen molar-refractivity contribution in [3.05, 3.63) is 59.4 Å². The van der Waals surface area contributed by atoms with Crippen LogP contribution in [0.2, 0.25) is 0 Å². The predicted molar refractivity (Wildman–Crippen MR) is 109 cm³/mol. The third kappa shape index (κ3) is 5.32. The zero-order chi connectivity index (χ0) is 21.0. The molecule has 1 heterocycles. The van der Waals surface area contributed by atoms with Gasteiger partial charge in [0.05, 0.1) is 11.9 Å². The number of fused-ring (bicyclic) bond motifs is 1. The van der Waals surface area contributed by atoms with Crippen LogP contribution >= 0.6 is 0 Å². The molecule has 0 bridgehead atoms. The molecule has 9 heteroatoms. The van der Waals surface area contributed by atoms with Gasteiger partial charge in [-0.25, -0.2) is 12.8 Å². The molecule has 0 saturated carbocycles. The molecule has 0 spiro atoms. The standard InChI is InChI=1S/C20H22FN3O4S/c1-29(27,28)24-12-2-3-15-6-9-17(13-18(15)24)23-20(26)19(25)22-11-10-14-4-7-16(21)8-5-14/h4-9,13H,2-3,10-12H2,1H3,(H,22,25)(H,23,26). The summed E-state index contributed by atoms with van der Waals surface area (Å²) in [5.41, 5.74) is 2.58. The Bertz CT molecular complexity index is 1020. The van der Waals surface area contributed by atoms with Crippen LogP contribution in [-0.2, 0) is 32.5 Å². The lowest BCUT2D eigenvalue weighted by atomic mass is 10.0. The fourth-order valence-electron chi connectivity index (χ4n) is 3.20. The summed E-state index contributed by atoms with van der Waals surface area (Å²) in [7, 11) is -3.42. The molecule has 1 aliphatic rings. The number of hydrogen-bond donors (Lipinski definition) is 2. The average Bonchev–Trinajstić information content (AvgIpc) is 2.68. The number of halogens is 1. The molecule has 2 aromatic carbocycles. The number of aryl methyl sites for hydroxylation is 1. The van der Waals surface area contributed by atoms with Crippen molar-refractivity contribution in [2.75, 3.05) is 29.0 Å². The first-order chi connectivity index (χ1) is 13.7. The van der Waals surface area contributed by atoms with E-state index in [0.717, 1.165) is 30.2 Å². The maximum atomic E-state index is 12.9. The Labute approximate surface area is 169 Å². The van der Waals surface area contributed by atoms with Gasteiger partial charge in [-0.05, 0) is 54.7 Å². The second kappa shape index (κ2) is 8.60. The van der Waals surface area contributed by atoms with E-state index in [0.29, 0.717) is 24.3 Å². The summed E-state index contributed by atoms with van der Waals surface area (Å²) in [6.45, 7) is 0.608. The molecule has 0 aromatic heterocycles. The van der Waals surface area contributed by atoms with Gasteiger partial charge in [0.25, 0.3) is 0 Å². The Hall–Kier alpha value is -2.94. The van der Waals surface area contributed by atoms with E-state index in [1.165, 1.54) is 16.4 Å². The van der Waals surface area contributed by atoms with Gasteiger partial charge in [0.15, 0.2) is 0 Å². The van der Waals surface area contributed by atoms with E-state index in [1.807, 2.05) is 0 Å². The molecule has 29 heavy (non-hydrogen) atoms. The van der Waals surface area contributed by atoms with Crippen LogP contribution in [0.4, 0.5) is 15.8 Å². The third-order valence-electron chi connectivity index (χ3n) is 4.64. The summed E-state index contributed by atoms with van der Waals surface area (Å²) in [6.07, 6.45) is 3.07. The molecular weight excluding hydrogens is 397 g/mol. The molecule has 1 aliphatic heterocycles. The molecule has 0 aliphatic carbocycles. The molecule has 154 valence electrons. The predicted octanol–water partition coefficient (Wildman–Crippen LogP) is 1.84. The molecule has 2 N–H and O–H groups in total. The number of carbonyl (C=O) groups is 2. The minimum atomic E-state index is -3.42. The highest BCUT2D eigenvalue weighted by molar-refractivity contribution is 7.92. The smallest absolute Gasteiger partial charge is 0.313 e. The fraction of sp³-hybridized carbons (Fsp3) is 0.300. The van der Waals surface area contributed by atoms with E-state index < -0.39 is 21.8 Å². The van der Waals surface area contributed by atoms with Gasteiger partial charge in [0.1, 0.15) is 5.82 Å². The van der Waals surface area contributed by atoms with Gasteiger partial charge in [0, 0.05) is 18.8 Å². The second-order valence-corrected chi connectivity index (χ2v) is 8.78. The van der Waals surface area contributed by atoms with Crippen molar-refractivity contribution in [2.24, 2.45) is 0 Å². The summed E-state index contributed by atoms with van der Waals surface area (Å²) in [6, 6.07) is 10.9. The Balaban J connectivity index is 1.60. The zero-order valence-corrected chi connectivity index (χ0v) is 16.8. The van der Waals surface area contributed by atoms with Crippen LogP contribution in [0, 0.1) is 5.82 Å². The van der Waals surface area contributed by atoms with E-state index in [1.54, 1.807) is 30.3 Å². The topological polar surface area (TPSA) is 95.6 Å². The van der Waals surface area contributed by atoms with Gasteiger partial charge in [-0.2, -0.15) is 0 Å². The Morgan fingerprint density at radius 2 is 1.83 bits per heavy atom. The van der Waals surface area contributed by atoms with Crippen molar-refractivity contribution in [1.82, 2.24) is 5.32 Å². The molecule has 0 radical (unpaired) electrons. The molecule has 2 aromatic rings. The maximum Gasteiger partial charge on any atom is 0.313 e. The van der Waals surface area contributed by atoms with E-state index in [4.69, 9.17) is 0 Å². The minimum absolute atomic E-state index is 0.226. The highest BCUT2D eigenvalue weighted by Gasteiger charge is 2.24. The largest absolute Gasteiger partial charge is 0.347 e. The number of nitrogens with one attached hydrogen (secondary N) is 2. The first-order valence-electron chi connectivity index (χ1n) is 9.18. The van der Waals surface area contributed by atoms with Crippen molar-refractivity contribution < 1.29 is 22.4 Å². The van der Waals surface area contributed by atoms with Crippen molar-refractivity contribution in [3.63, 3.8) is 0 Å². The summed E-state index contributed by atoms with van der Waals surface area (Å²) in [4.78, 5) is 24.2. The number of nitrogens with zero attached hydrogens (tertiary/aromatic N) is 1. The molecule has 0 unspecified atom stereocenters. The van der Waals surface area contributed by atoms with Crippen LogP contribution in [0.5, 0.6) is 0 Å². The maximum absolute atomic E-state index is 12.9. The highest BCUT2D eigenvalue weighted by Crippen LogP contribution is 2.31. The zero-order valence-electron chi connectivity index (χ0n) is 15.9. The van der Waals surface area contributed by atoms with E-state index in [-0.39, 0.29) is 12.4 Å². The normalized spacial score (nSPS) is 13.5. The van der Waals surface area contributed by atoms with Crippen molar-refractivity contribution in [1.29, 1.82) is 0 Å². The van der Waals surface area contributed by atoms with Crippen LogP contribution in [0.3, 0.4) is 0 Å². The Kier molecular flexibility index (Phi) is 6.17. The first-order valence-corrected chi connectivity index (χ1v) is 11.0. The quantitative estimate of drug-likeness (QED) is 0.723. The Morgan fingerprint density at radius 1 is 1.10 bits per heavy atom. The lowest BCUT2D eigenvalue weighted by molar-refractivity contribution is -0.136. The number of rotatable bonds is 5. The summed E-state index contributed by atoms with van der Waals surface area (Å²) in [5, 5.41) is 5.01. The molecule has 0 saturated heterocycles. The summed E-state index contributed by atoms with van der Waals surface area (Å²) >= 11 is 0. The molecule has 7 nitrogen and oxygen atoms in total.